The lowest BCUT2D eigenvalue weighted by Crippen LogP contribution is -2.74. The molecule has 2 N–H and O–H groups in total. The first-order chi connectivity index (χ1) is 9.34. The van der Waals surface area contributed by atoms with Crippen molar-refractivity contribution in [2.24, 2.45) is 11.1 Å². The zero-order valence-corrected chi connectivity index (χ0v) is 14.0. The highest BCUT2D eigenvalue weighted by Gasteiger charge is 2.58. The van der Waals surface area contributed by atoms with Gasteiger partial charge < -0.3 is 15.4 Å². The molecule has 3 unspecified atom stereocenters. The fourth-order valence-electron chi connectivity index (χ4n) is 3.77. The lowest BCUT2D eigenvalue weighted by Gasteiger charge is -2.61. The van der Waals surface area contributed by atoms with E-state index in [4.69, 9.17) is 10.5 Å². The summed E-state index contributed by atoms with van der Waals surface area (Å²) < 4.78 is 5.83. The molecule has 0 radical (unpaired) electrons. The molecule has 0 aromatic rings. The van der Waals surface area contributed by atoms with Gasteiger partial charge in [-0.25, -0.2) is 0 Å². The van der Waals surface area contributed by atoms with Crippen molar-refractivity contribution < 1.29 is 4.74 Å². The van der Waals surface area contributed by atoms with E-state index in [2.05, 4.69) is 44.5 Å². The Balaban J connectivity index is 1.93. The van der Waals surface area contributed by atoms with Crippen LogP contribution in [0.1, 0.15) is 40.5 Å². The van der Waals surface area contributed by atoms with E-state index in [-0.39, 0.29) is 11.0 Å². The van der Waals surface area contributed by atoms with Crippen molar-refractivity contribution in [2.75, 3.05) is 39.8 Å². The highest BCUT2D eigenvalue weighted by molar-refractivity contribution is 5.15. The third-order valence-electron chi connectivity index (χ3n) is 5.84. The predicted octanol–water partition coefficient (Wildman–Crippen LogP) is 1.54. The van der Waals surface area contributed by atoms with Crippen molar-refractivity contribution in [1.29, 1.82) is 0 Å². The fourth-order valence-corrected chi connectivity index (χ4v) is 3.77. The van der Waals surface area contributed by atoms with Gasteiger partial charge in [-0.1, -0.05) is 20.8 Å². The zero-order chi connectivity index (χ0) is 15.0. The predicted molar refractivity (Wildman–Crippen MR) is 83.9 cm³/mol. The molecule has 2 rings (SSSR count). The number of likely N-dealkylation sites (N-methyl/N-ethyl adjacent to an activating group) is 1. The first-order valence-corrected chi connectivity index (χ1v) is 8.17. The minimum absolute atomic E-state index is 0.0775. The monoisotopic (exact) mass is 283 g/mol. The molecule has 0 aromatic carbocycles. The Bertz CT molecular complexity index is 334. The Kier molecular flexibility index (Phi) is 4.80. The molecule has 4 nitrogen and oxygen atoms in total. The molecule has 4 heteroatoms. The molecule has 118 valence electrons. The molecule has 2 aliphatic rings. The Labute approximate surface area is 124 Å². The number of ether oxygens (including phenoxy) is 1. The van der Waals surface area contributed by atoms with E-state index in [1.54, 1.807) is 0 Å². The van der Waals surface area contributed by atoms with Gasteiger partial charge in [-0.15, -0.1) is 0 Å². The second-order valence-corrected chi connectivity index (χ2v) is 7.30. The largest absolute Gasteiger partial charge is 0.378 e. The summed E-state index contributed by atoms with van der Waals surface area (Å²) in [5.41, 5.74) is 6.70. The molecule has 0 bridgehead atoms. The van der Waals surface area contributed by atoms with Crippen LogP contribution in [0.15, 0.2) is 0 Å². The summed E-state index contributed by atoms with van der Waals surface area (Å²) in [5.74, 6) is 0. The van der Waals surface area contributed by atoms with Crippen molar-refractivity contribution in [1.82, 2.24) is 9.80 Å². The van der Waals surface area contributed by atoms with Crippen LogP contribution in [0.25, 0.3) is 0 Å². The van der Waals surface area contributed by atoms with Crippen molar-refractivity contribution >= 4 is 0 Å². The van der Waals surface area contributed by atoms with E-state index >= 15 is 0 Å². The number of hydrogen-bond donors (Lipinski definition) is 1. The minimum atomic E-state index is -0.0962. The topological polar surface area (TPSA) is 41.7 Å². The molecule has 1 saturated carbocycles. The van der Waals surface area contributed by atoms with Crippen LogP contribution in [-0.4, -0.2) is 67.3 Å². The first kappa shape index (κ1) is 16.2. The van der Waals surface area contributed by atoms with E-state index in [0.717, 1.165) is 39.2 Å². The van der Waals surface area contributed by atoms with Gasteiger partial charge in [0, 0.05) is 49.8 Å². The second kappa shape index (κ2) is 5.91. The summed E-state index contributed by atoms with van der Waals surface area (Å²) in [7, 11) is 2.24. The summed E-state index contributed by atoms with van der Waals surface area (Å²) in [6.07, 6.45) is 2.54. The first-order valence-electron chi connectivity index (χ1n) is 8.17. The van der Waals surface area contributed by atoms with Crippen LogP contribution in [0.2, 0.25) is 0 Å². The maximum Gasteiger partial charge on any atom is 0.0662 e. The molecule has 0 aromatic heterocycles. The summed E-state index contributed by atoms with van der Waals surface area (Å²) >= 11 is 0. The number of nitrogens with two attached hydrogens (primary N) is 1. The van der Waals surface area contributed by atoms with Crippen molar-refractivity contribution in [3.8, 4) is 0 Å². The standard InChI is InChI=1S/C16H33N3O/c1-6-13-11-19(9-8-18(13)5)12-16(17)10-14(20-7-2)15(16,3)4/h13-14H,6-12,17H2,1-5H3. The van der Waals surface area contributed by atoms with Gasteiger partial charge in [0.1, 0.15) is 0 Å². The molecule has 1 aliphatic heterocycles. The Morgan fingerprint density at radius 2 is 1.95 bits per heavy atom. The van der Waals surface area contributed by atoms with Gasteiger partial charge in [0.2, 0.25) is 0 Å². The van der Waals surface area contributed by atoms with Crippen LogP contribution in [0.3, 0.4) is 0 Å². The van der Waals surface area contributed by atoms with Gasteiger partial charge in [0.25, 0.3) is 0 Å². The van der Waals surface area contributed by atoms with Gasteiger partial charge in [-0.3, -0.25) is 4.90 Å². The van der Waals surface area contributed by atoms with E-state index in [0.29, 0.717) is 12.1 Å². The molecular formula is C16H33N3O. The van der Waals surface area contributed by atoms with Crippen LogP contribution in [0.4, 0.5) is 0 Å². The fraction of sp³-hybridized carbons (Fsp3) is 1.00. The third kappa shape index (κ3) is 2.76. The average Bonchev–Trinajstić information content (AvgIpc) is 2.40. The molecule has 1 aliphatic carbocycles. The van der Waals surface area contributed by atoms with Gasteiger partial charge in [0.15, 0.2) is 0 Å². The Morgan fingerprint density at radius 3 is 2.50 bits per heavy atom. The van der Waals surface area contributed by atoms with Crippen molar-refractivity contribution in [3.63, 3.8) is 0 Å². The Morgan fingerprint density at radius 1 is 1.25 bits per heavy atom. The molecule has 3 atom stereocenters. The van der Waals surface area contributed by atoms with Gasteiger partial charge in [0.05, 0.1) is 6.10 Å². The van der Waals surface area contributed by atoms with Crippen LogP contribution >= 0.6 is 0 Å². The van der Waals surface area contributed by atoms with E-state index in [1.165, 1.54) is 6.42 Å². The Hall–Kier alpha value is -0.160. The lowest BCUT2D eigenvalue weighted by molar-refractivity contribution is -0.158. The number of hydrogen-bond acceptors (Lipinski definition) is 4. The van der Waals surface area contributed by atoms with Crippen molar-refractivity contribution in [3.05, 3.63) is 0 Å². The summed E-state index contributed by atoms with van der Waals surface area (Å²) in [5, 5.41) is 0. The van der Waals surface area contributed by atoms with Crippen LogP contribution in [0, 0.1) is 5.41 Å². The summed E-state index contributed by atoms with van der Waals surface area (Å²) in [6, 6.07) is 0.679. The highest BCUT2D eigenvalue weighted by Crippen LogP contribution is 2.50. The van der Waals surface area contributed by atoms with E-state index < -0.39 is 0 Å². The van der Waals surface area contributed by atoms with Gasteiger partial charge in [-0.2, -0.15) is 0 Å². The maximum atomic E-state index is 6.72. The molecular weight excluding hydrogens is 250 g/mol. The van der Waals surface area contributed by atoms with Crippen LogP contribution in [-0.2, 0) is 4.74 Å². The average molecular weight is 283 g/mol. The molecule has 1 heterocycles. The molecule has 0 amide bonds. The number of piperazine rings is 1. The molecule has 2 fully saturated rings. The molecule has 20 heavy (non-hydrogen) atoms. The normalized spacial score (nSPS) is 38.7. The van der Waals surface area contributed by atoms with E-state index in [1.807, 2.05) is 0 Å². The van der Waals surface area contributed by atoms with Crippen molar-refractivity contribution in [2.45, 2.75) is 58.2 Å². The van der Waals surface area contributed by atoms with Gasteiger partial charge >= 0.3 is 0 Å². The minimum Gasteiger partial charge on any atom is -0.378 e. The lowest BCUT2D eigenvalue weighted by atomic mass is 9.54. The van der Waals surface area contributed by atoms with E-state index in [9.17, 15) is 0 Å². The quantitative estimate of drug-likeness (QED) is 0.831. The van der Waals surface area contributed by atoms with Gasteiger partial charge in [-0.05, 0) is 26.8 Å². The maximum absolute atomic E-state index is 6.72. The third-order valence-corrected chi connectivity index (χ3v) is 5.84. The summed E-state index contributed by atoms with van der Waals surface area (Å²) in [6.45, 7) is 14.1. The number of rotatable bonds is 5. The zero-order valence-electron chi connectivity index (χ0n) is 14.0. The SMILES string of the molecule is CCOC1CC(N)(CN2CCN(C)C(CC)C2)C1(C)C. The molecule has 0 spiro atoms. The summed E-state index contributed by atoms with van der Waals surface area (Å²) in [4.78, 5) is 5.05. The molecule has 1 saturated heterocycles. The highest BCUT2D eigenvalue weighted by atomic mass is 16.5. The smallest absolute Gasteiger partial charge is 0.0662 e. The van der Waals surface area contributed by atoms with Crippen LogP contribution in [0.5, 0.6) is 0 Å². The second-order valence-electron chi connectivity index (χ2n) is 7.30. The van der Waals surface area contributed by atoms with Crippen LogP contribution < -0.4 is 5.73 Å². The number of nitrogens with zero attached hydrogens (tertiary/aromatic N) is 2.